The molecule has 7 unspecified atom stereocenters. The number of alkyl halides is 3. The van der Waals surface area contributed by atoms with Gasteiger partial charge in [0.15, 0.2) is 0 Å². The number of hydrogen-bond donors (Lipinski definition) is 3. The number of hydrogen-bond acceptors (Lipinski definition) is 7. The van der Waals surface area contributed by atoms with Crippen LogP contribution in [0.15, 0.2) is 11.6 Å². The molecular formula is C29H42F3NO5S. The van der Waals surface area contributed by atoms with E-state index in [9.17, 15) is 20.1 Å². The molecule has 1 aliphatic carbocycles. The van der Waals surface area contributed by atoms with E-state index in [2.05, 4.69) is 4.98 Å². The molecule has 3 rings (SSSR count). The van der Waals surface area contributed by atoms with Crippen LogP contribution in [-0.4, -0.2) is 56.4 Å². The summed E-state index contributed by atoms with van der Waals surface area (Å²) in [6.45, 7) is 10.2. The minimum absolute atomic E-state index is 0.0218. The molecule has 39 heavy (non-hydrogen) atoms. The SMILES string of the molecule is C/C1=C/CC(C2C=c3nc(C)sc3=CC2)(C(F)(F)F)OC(=O)CC(O)C(C)(C)C(O)C(C)C(O)C(C)CCC1. The first-order chi connectivity index (χ1) is 18.0. The lowest BCUT2D eigenvalue weighted by Gasteiger charge is -2.42. The van der Waals surface area contributed by atoms with Crippen LogP contribution in [0.1, 0.15) is 78.2 Å². The normalized spacial score (nSPS) is 36.5. The van der Waals surface area contributed by atoms with Crippen LogP contribution < -0.4 is 9.88 Å². The Morgan fingerprint density at radius 3 is 2.44 bits per heavy atom. The van der Waals surface area contributed by atoms with E-state index in [1.165, 1.54) is 37.3 Å². The van der Waals surface area contributed by atoms with Crippen LogP contribution in [0.3, 0.4) is 0 Å². The number of allylic oxidation sites excluding steroid dienone is 1. The van der Waals surface area contributed by atoms with Crippen LogP contribution in [-0.2, 0) is 9.53 Å². The van der Waals surface area contributed by atoms with Crippen molar-refractivity contribution >= 4 is 29.5 Å². The highest BCUT2D eigenvalue weighted by Gasteiger charge is 2.61. The molecule has 220 valence electrons. The van der Waals surface area contributed by atoms with Crippen molar-refractivity contribution < 1.29 is 38.0 Å². The van der Waals surface area contributed by atoms with E-state index in [1.807, 2.05) is 6.92 Å². The zero-order valence-corrected chi connectivity index (χ0v) is 24.4. The van der Waals surface area contributed by atoms with Crippen LogP contribution in [0.4, 0.5) is 13.2 Å². The predicted molar refractivity (Wildman–Crippen MR) is 145 cm³/mol. The van der Waals surface area contributed by atoms with Crippen molar-refractivity contribution in [1.82, 2.24) is 4.98 Å². The number of carbonyl (C=O) groups is 1. The summed E-state index contributed by atoms with van der Waals surface area (Å²) in [5.74, 6) is -3.22. The summed E-state index contributed by atoms with van der Waals surface area (Å²) in [7, 11) is 0. The van der Waals surface area contributed by atoms with Gasteiger partial charge in [-0.05, 0) is 51.5 Å². The molecule has 2 aliphatic rings. The van der Waals surface area contributed by atoms with Gasteiger partial charge in [-0.1, -0.05) is 45.4 Å². The minimum Gasteiger partial charge on any atom is -0.448 e. The van der Waals surface area contributed by atoms with Crippen molar-refractivity contribution in [3.05, 3.63) is 26.5 Å². The van der Waals surface area contributed by atoms with Gasteiger partial charge in [0.05, 0.1) is 39.6 Å². The van der Waals surface area contributed by atoms with Gasteiger partial charge in [-0.3, -0.25) is 4.79 Å². The Kier molecular flexibility index (Phi) is 9.78. The Labute approximate surface area is 232 Å². The number of rotatable bonds is 1. The lowest BCUT2D eigenvalue weighted by molar-refractivity contribution is -0.281. The molecule has 3 N–H and O–H groups in total. The molecule has 0 fully saturated rings. The second kappa shape index (κ2) is 12.0. The molecule has 0 bridgehead atoms. The summed E-state index contributed by atoms with van der Waals surface area (Å²) in [6.07, 6.45) is -3.33. The van der Waals surface area contributed by atoms with E-state index in [-0.39, 0.29) is 12.3 Å². The molecular weight excluding hydrogens is 531 g/mol. The number of ether oxygens (including phenoxy) is 1. The molecule has 0 radical (unpaired) electrons. The van der Waals surface area contributed by atoms with Gasteiger partial charge < -0.3 is 20.1 Å². The smallest absolute Gasteiger partial charge is 0.429 e. The van der Waals surface area contributed by atoms with E-state index in [0.717, 1.165) is 15.1 Å². The number of nitrogens with zero attached hydrogens (tertiary/aromatic N) is 1. The standard InChI is InChI=1S/C29H42F3NO5S/c1-16-8-7-9-17(2)25(36)18(3)26(37)27(5,6)23(34)15-24(35)38-28(13-12-16,29(30,31)32)20-10-11-22-21(14-20)33-19(4)39-22/h11-12,14,17-18,20,23,25-26,34,36-37H,7-10,13,15H2,1-6H3/b16-12-. The van der Waals surface area contributed by atoms with Gasteiger partial charge in [0.2, 0.25) is 5.60 Å². The summed E-state index contributed by atoms with van der Waals surface area (Å²) >= 11 is 1.40. The van der Waals surface area contributed by atoms with E-state index < -0.39 is 66.2 Å². The Morgan fingerprint density at radius 1 is 1.13 bits per heavy atom. The highest BCUT2D eigenvalue weighted by atomic mass is 32.1. The zero-order chi connectivity index (χ0) is 29.3. The third-order valence-electron chi connectivity index (χ3n) is 8.66. The number of aryl methyl sites for hydroxylation is 1. The van der Waals surface area contributed by atoms with Crippen molar-refractivity contribution in [2.24, 2.45) is 23.2 Å². The zero-order valence-electron chi connectivity index (χ0n) is 23.6. The number of esters is 1. The maximum Gasteiger partial charge on any atom is 0.429 e. The van der Waals surface area contributed by atoms with Crippen LogP contribution in [0.2, 0.25) is 0 Å². The topological polar surface area (TPSA) is 99.9 Å². The van der Waals surface area contributed by atoms with Crippen LogP contribution >= 0.6 is 11.3 Å². The van der Waals surface area contributed by atoms with Gasteiger partial charge in [-0.2, -0.15) is 13.2 Å². The average Bonchev–Trinajstić information content (AvgIpc) is 3.22. The first-order valence-corrected chi connectivity index (χ1v) is 14.4. The van der Waals surface area contributed by atoms with Gasteiger partial charge in [0.1, 0.15) is 0 Å². The van der Waals surface area contributed by atoms with Gasteiger partial charge in [-0.25, -0.2) is 4.98 Å². The maximum absolute atomic E-state index is 15.0. The number of fused-ring (bicyclic) bond motifs is 1. The quantitative estimate of drug-likeness (QED) is 0.345. The summed E-state index contributed by atoms with van der Waals surface area (Å²) in [4.78, 5) is 17.5. The van der Waals surface area contributed by atoms with E-state index in [4.69, 9.17) is 4.74 Å². The van der Waals surface area contributed by atoms with Gasteiger partial charge in [0, 0.05) is 23.7 Å². The number of cyclic esters (lactones) is 1. The molecule has 2 heterocycles. The highest BCUT2D eigenvalue weighted by Crippen LogP contribution is 2.46. The summed E-state index contributed by atoms with van der Waals surface area (Å²) in [6, 6.07) is 0. The fourth-order valence-corrected chi connectivity index (χ4v) is 6.60. The summed E-state index contributed by atoms with van der Waals surface area (Å²) in [5, 5.41) is 34.1. The Hall–Kier alpha value is -1.75. The van der Waals surface area contributed by atoms with Crippen molar-refractivity contribution in [3.8, 4) is 0 Å². The third kappa shape index (κ3) is 6.77. The molecule has 10 heteroatoms. The Balaban J connectivity index is 2.07. The minimum atomic E-state index is -4.91. The summed E-state index contributed by atoms with van der Waals surface area (Å²) < 4.78 is 51.3. The first-order valence-electron chi connectivity index (χ1n) is 13.6. The fourth-order valence-electron chi connectivity index (χ4n) is 5.74. The number of carbonyl (C=O) groups excluding carboxylic acids is 1. The number of aliphatic hydroxyl groups excluding tert-OH is 3. The van der Waals surface area contributed by atoms with E-state index >= 15 is 13.2 Å². The van der Waals surface area contributed by atoms with Crippen LogP contribution in [0, 0.1) is 30.1 Å². The molecule has 6 nitrogen and oxygen atoms in total. The Morgan fingerprint density at radius 2 is 1.79 bits per heavy atom. The van der Waals surface area contributed by atoms with E-state index in [1.54, 1.807) is 26.8 Å². The van der Waals surface area contributed by atoms with Gasteiger partial charge in [0.25, 0.3) is 0 Å². The molecule has 0 amide bonds. The van der Waals surface area contributed by atoms with Gasteiger partial charge >= 0.3 is 12.1 Å². The lowest BCUT2D eigenvalue weighted by atomic mass is 9.71. The predicted octanol–water partition coefficient (Wildman–Crippen LogP) is 4.17. The van der Waals surface area contributed by atoms with Crippen LogP contribution in [0.25, 0.3) is 12.2 Å². The molecule has 0 saturated carbocycles. The molecule has 7 atom stereocenters. The van der Waals surface area contributed by atoms with Crippen molar-refractivity contribution in [2.45, 2.75) is 110 Å². The van der Waals surface area contributed by atoms with Crippen molar-refractivity contribution in [1.29, 1.82) is 0 Å². The lowest BCUT2D eigenvalue weighted by Crippen LogP contribution is -2.55. The van der Waals surface area contributed by atoms with Crippen molar-refractivity contribution in [3.63, 3.8) is 0 Å². The van der Waals surface area contributed by atoms with Gasteiger partial charge in [-0.15, -0.1) is 11.3 Å². The van der Waals surface area contributed by atoms with Crippen molar-refractivity contribution in [2.75, 3.05) is 0 Å². The molecule has 0 saturated heterocycles. The highest BCUT2D eigenvalue weighted by molar-refractivity contribution is 7.09. The third-order valence-corrected chi connectivity index (χ3v) is 9.65. The molecule has 0 aromatic carbocycles. The monoisotopic (exact) mass is 573 g/mol. The number of aliphatic hydroxyl groups is 3. The maximum atomic E-state index is 15.0. The van der Waals surface area contributed by atoms with Crippen LogP contribution in [0.5, 0.6) is 0 Å². The molecule has 0 spiro atoms. The average molecular weight is 574 g/mol. The van der Waals surface area contributed by atoms with E-state index in [0.29, 0.717) is 24.6 Å². The first kappa shape index (κ1) is 31.8. The second-order valence-corrected chi connectivity index (χ2v) is 13.3. The molecule has 1 aromatic rings. The second-order valence-electron chi connectivity index (χ2n) is 12.0. The summed E-state index contributed by atoms with van der Waals surface area (Å²) in [5.41, 5.74) is -3.42. The number of halogens is 3. The largest absolute Gasteiger partial charge is 0.448 e. The molecule has 1 aliphatic heterocycles. The number of aromatic nitrogens is 1. The molecule has 1 aromatic heterocycles. The fraction of sp³-hybridized carbons (Fsp3) is 0.724. The Bertz CT molecular complexity index is 1180. The number of thiazole rings is 1.